The van der Waals surface area contributed by atoms with E-state index in [-0.39, 0.29) is 18.3 Å². The van der Waals surface area contributed by atoms with E-state index in [9.17, 15) is 9.18 Å². The van der Waals surface area contributed by atoms with Gasteiger partial charge in [0.2, 0.25) is 0 Å². The van der Waals surface area contributed by atoms with Crippen molar-refractivity contribution in [3.63, 3.8) is 0 Å². The van der Waals surface area contributed by atoms with Gasteiger partial charge in [0, 0.05) is 12.6 Å². The van der Waals surface area contributed by atoms with Crippen LogP contribution in [0.1, 0.15) is 32.6 Å². The van der Waals surface area contributed by atoms with Gasteiger partial charge in [0.15, 0.2) is 6.61 Å². The summed E-state index contributed by atoms with van der Waals surface area (Å²) in [6, 6.07) is 4.31. The van der Waals surface area contributed by atoms with Gasteiger partial charge in [0.1, 0.15) is 11.6 Å². The molecule has 0 saturated carbocycles. The maximum absolute atomic E-state index is 13.1. The van der Waals surface area contributed by atoms with E-state index in [1.165, 1.54) is 25.0 Å². The Kier molecular flexibility index (Phi) is 4.18. The average molecular weight is 251 g/mol. The summed E-state index contributed by atoms with van der Waals surface area (Å²) in [5.74, 6) is 0.0738. The highest BCUT2D eigenvalue weighted by molar-refractivity contribution is 5.97. The lowest BCUT2D eigenvalue weighted by Crippen LogP contribution is -2.39. The van der Waals surface area contributed by atoms with Gasteiger partial charge in [-0.05, 0) is 18.6 Å². The molecule has 0 fully saturated rings. The minimum Gasteiger partial charge on any atom is -0.481 e. The molecule has 1 amide bonds. The second kappa shape index (κ2) is 5.85. The minimum atomic E-state index is -0.339. The molecule has 0 N–H and O–H groups in total. The van der Waals surface area contributed by atoms with Crippen molar-refractivity contribution in [2.45, 2.75) is 32.6 Å². The maximum atomic E-state index is 13.1. The molecular formula is C14H18FNO2. The van der Waals surface area contributed by atoms with Crippen LogP contribution in [-0.2, 0) is 4.79 Å². The van der Waals surface area contributed by atoms with Crippen LogP contribution >= 0.6 is 0 Å². The molecule has 0 aliphatic carbocycles. The number of hydrogen-bond donors (Lipinski definition) is 0. The molecule has 1 aliphatic rings. The summed E-state index contributed by atoms with van der Waals surface area (Å²) in [6.07, 6.45) is 4.42. The first kappa shape index (κ1) is 12.9. The van der Waals surface area contributed by atoms with E-state index in [1.807, 2.05) is 0 Å². The second-order valence-corrected chi connectivity index (χ2v) is 4.51. The van der Waals surface area contributed by atoms with E-state index in [0.717, 1.165) is 12.8 Å². The van der Waals surface area contributed by atoms with Crippen LogP contribution in [0.4, 0.5) is 10.1 Å². The third kappa shape index (κ3) is 2.81. The van der Waals surface area contributed by atoms with Crippen molar-refractivity contribution in [2.75, 3.05) is 18.1 Å². The Labute approximate surface area is 107 Å². The molecule has 1 aromatic rings. The zero-order valence-corrected chi connectivity index (χ0v) is 10.6. The molecule has 98 valence electrons. The molecule has 0 atom stereocenters. The number of hydrogen-bond acceptors (Lipinski definition) is 2. The quantitative estimate of drug-likeness (QED) is 0.752. The summed E-state index contributed by atoms with van der Waals surface area (Å²) in [7, 11) is 0. The van der Waals surface area contributed by atoms with Gasteiger partial charge in [-0.1, -0.05) is 26.2 Å². The average Bonchev–Trinajstić information content (AvgIpc) is 2.37. The number of anilines is 1. The number of carbonyl (C=O) groups excluding carboxylic acids is 1. The van der Waals surface area contributed by atoms with Crippen molar-refractivity contribution >= 4 is 11.6 Å². The number of halogens is 1. The zero-order valence-electron chi connectivity index (χ0n) is 10.6. The van der Waals surface area contributed by atoms with E-state index in [2.05, 4.69) is 6.92 Å². The van der Waals surface area contributed by atoms with E-state index < -0.39 is 0 Å². The zero-order chi connectivity index (χ0) is 13.0. The summed E-state index contributed by atoms with van der Waals surface area (Å²) in [5, 5.41) is 0. The number of fused-ring (bicyclic) bond motifs is 1. The Morgan fingerprint density at radius 3 is 2.94 bits per heavy atom. The van der Waals surface area contributed by atoms with Crippen LogP contribution in [0.15, 0.2) is 18.2 Å². The van der Waals surface area contributed by atoms with Gasteiger partial charge in [0.05, 0.1) is 5.69 Å². The Morgan fingerprint density at radius 2 is 2.17 bits per heavy atom. The Hall–Kier alpha value is -1.58. The van der Waals surface area contributed by atoms with Crippen molar-refractivity contribution in [1.82, 2.24) is 0 Å². The number of nitrogens with zero attached hydrogens (tertiary/aromatic N) is 1. The van der Waals surface area contributed by atoms with Crippen molar-refractivity contribution in [1.29, 1.82) is 0 Å². The van der Waals surface area contributed by atoms with Gasteiger partial charge in [-0.25, -0.2) is 4.39 Å². The number of amides is 1. The Balaban J connectivity index is 2.08. The highest BCUT2D eigenvalue weighted by atomic mass is 19.1. The summed E-state index contributed by atoms with van der Waals surface area (Å²) >= 11 is 0. The topological polar surface area (TPSA) is 29.5 Å². The Bertz CT molecular complexity index is 434. The number of benzene rings is 1. The normalized spacial score (nSPS) is 14.3. The SMILES string of the molecule is CCCCCCN1C(=O)COc2cc(F)ccc21. The fraction of sp³-hybridized carbons (Fsp3) is 0.500. The van der Waals surface area contributed by atoms with Gasteiger partial charge in [-0.3, -0.25) is 4.79 Å². The van der Waals surface area contributed by atoms with Crippen molar-refractivity contribution < 1.29 is 13.9 Å². The first-order valence-electron chi connectivity index (χ1n) is 6.45. The second-order valence-electron chi connectivity index (χ2n) is 4.51. The standard InChI is InChI=1S/C14H18FNO2/c1-2-3-4-5-8-16-12-7-6-11(15)9-13(12)18-10-14(16)17/h6-7,9H,2-5,8,10H2,1H3. The molecule has 0 aromatic heterocycles. The lowest BCUT2D eigenvalue weighted by atomic mass is 10.1. The molecule has 0 bridgehead atoms. The van der Waals surface area contributed by atoms with E-state index in [0.29, 0.717) is 18.0 Å². The largest absolute Gasteiger partial charge is 0.481 e. The molecule has 3 nitrogen and oxygen atoms in total. The molecule has 0 unspecified atom stereocenters. The third-order valence-corrected chi connectivity index (χ3v) is 3.10. The fourth-order valence-corrected chi connectivity index (χ4v) is 2.12. The Morgan fingerprint density at radius 1 is 1.33 bits per heavy atom. The molecule has 1 aromatic carbocycles. The van der Waals surface area contributed by atoms with Crippen LogP contribution in [0, 0.1) is 5.82 Å². The van der Waals surface area contributed by atoms with Crippen LogP contribution in [0.5, 0.6) is 5.75 Å². The summed E-state index contributed by atoms with van der Waals surface area (Å²) in [4.78, 5) is 13.5. The van der Waals surface area contributed by atoms with E-state index in [1.54, 1.807) is 11.0 Å². The molecular weight excluding hydrogens is 233 g/mol. The number of carbonyl (C=O) groups is 1. The van der Waals surface area contributed by atoms with Gasteiger partial charge >= 0.3 is 0 Å². The lowest BCUT2D eigenvalue weighted by molar-refractivity contribution is -0.121. The van der Waals surface area contributed by atoms with Crippen LogP contribution in [0.3, 0.4) is 0 Å². The number of ether oxygens (including phenoxy) is 1. The number of rotatable bonds is 5. The van der Waals surface area contributed by atoms with Gasteiger partial charge in [-0.15, -0.1) is 0 Å². The van der Waals surface area contributed by atoms with Gasteiger partial charge < -0.3 is 9.64 Å². The third-order valence-electron chi connectivity index (χ3n) is 3.10. The summed E-state index contributed by atoms with van der Waals surface area (Å²) in [5.41, 5.74) is 0.684. The molecule has 2 rings (SSSR count). The molecule has 1 heterocycles. The maximum Gasteiger partial charge on any atom is 0.265 e. The van der Waals surface area contributed by atoms with Crippen molar-refractivity contribution in [3.8, 4) is 5.75 Å². The van der Waals surface area contributed by atoms with E-state index in [4.69, 9.17) is 4.74 Å². The minimum absolute atomic E-state index is 0.00420. The highest BCUT2D eigenvalue weighted by Gasteiger charge is 2.25. The predicted octanol–water partition coefficient (Wildman–Crippen LogP) is 3.13. The van der Waals surface area contributed by atoms with E-state index >= 15 is 0 Å². The molecule has 18 heavy (non-hydrogen) atoms. The summed E-state index contributed by atoms with van der Waals surface area (Å²) < 4.78 is 18.3. The fourth-order valence-electron chi connectivity index (χ4n) is 2.12. The molecule has 1 aliphatic heterocycles. The van der Waals surface area contributed by atoms with Crippen LogP contribution in [0.25, 0.3) is 0 Å². The van der Waals surface area contributed by atoms with Gasteiger partial charge in [0.25, 0.3) is 5.91 Å². The van der Waals surface area contributed by atoms with Crippen LogP contribution in [-0.4, -0.2) is 19.1 Å². The molecule has 4 heteroatoms. The monoisotopic (exact) mass is 251 g/mol. The highest BCUT2D eigenvalue weighted by Crippen LogP contribution is 2.32. The van der Waals surface area contributed by atoms with Gasteiger partial charge in [-0.2, -0.15) is 0 Å². The number of unbranched alkanes of at least 4 members (excludes halogenated alkanes) is 3. The first-order valence-corrected chi connectivity index (χ1v) is 6.45. The molecule has 0 spiro atoms. The molecule has 0 saturated heterocycles. The molecule has 0 radical (unpaired) electrons. The van der Waals surface area contributed by atoms with Crippen LogP contribution < -0.4 is 9.64 Å². The first-order chi connectivity index (χ1) is 8.72. The lowest BCUT2D eigenvalue weighted by Gasteiger charge is -2.29. The van der Waals surface area contributed by atoms with Crippen molar-refractivity contribution in [3.05, 3.63) is 24.0 Å². The summed E-state index contributed by atoms with van der Waals surface area (Å²) in [6.45, 7) is 2.84. The van der Waals surface area contributed by atoms with Crippen molar-refractivity contribution in [2.24, 2.45) is 0 Å². The smallest absolute Gasteiger partial charge is 0.265 e. The predicted molar refractivity (Wildman–Crippen MR) is 68.4 cm³/mol. The van der Waals surface area contributed by atoms with Crippen LogP contribution in [0.2, 0.25) is 0 Å².